The summed E-state index contributed by atoms with van der Waals surface area (Å²) in [4.78, 5) is 17.5. The van der Waals surface area contributed by atoms with E-state index in [1.54, 1.807) is 11.3 Å². The average Bonchev–Trinajstić information content (AvgIpc) is 2.97. The molecule has 1 aliphatic heterocycles. The Kier molecular flexibility index (Phi) is 5.36. The van der Waals surface area contributed by atoms with Crippen LogP contribution in [-0.4, -0.2) is 37.5 Å². The number of amides is 1. The van der Waals surface area contributed by atoms with Gasteiger partial charge >= 0.3 is 0 Å². The first kappa shape index (κ1) is 17.9. The standard InChI is InChI=1S/C20H32N2OS/c1-20(2,3)16-7-8-17-15(10-16)11-18(24-17)19(23)22-9-5-6-14(13-22)12-21-4/h11,14,16,21H,5-10,12-13H2,1-4H3. The van der Waals surface area contributed by atoms with Crippen LogP contribution in [0.3, 0.4) is 0 Å². The minimum Gasteiger partial charge on any atom is -0.338 e. The quantitative estimate of drug-likeness (QED) is 0.896. The van der Waals surface area contributed by atoms with E-state index < -0.39 is 0 Å². The van der Waals surface area contributed by atoms with Crippen molar-refractivity contribution >= 4 is 17.2 Å². The molecule has 2 heterocycles. The van der Waals surface area contributed by atoms with Crippen molar-refractivity contribution in [3.05, 3.63) is 21.4 Å². The molecule has 1 saturated heterocycles. The van der Waals surface area contributed by atoms with Gasteiger partial charge in [-0.25, -0.2) is 0 Å². The van der Waals surface area contributed by atoms with Gasteiger partial charge in [0.05, 0.1) is 4.88 Å². The lowest BCUT2D eigenvalue weighted by Crippen LogP contribution is -2.42. The summed E-state index contributed by atoms with van der Waals surface area (Å²) >= 11 is 1.76. The predicted octanol–water partition coefficient (Wildman–Crippen LogP) is 3.97. The van der Waals surface area contributed by atoms with E-state index in [2.05, 4.69) is 37.1 Å². The lowest BCUT2D eigenvalue weighted by atomic mass is 9.72. The Bertz CT molecular complexity index is 585. The van der Waals surface area contributed by atoms with Gasteiger partial charge < -0.3 is 10.2 Å². The maximum Gasteiger partial charge on any atom is 0.263 e. The molecule has 3 nitrogen and oxygen atoms in total. The van der Waals surface area contributed by atoms with Gasteiger partial charge in [0, 0.05) is 18.0 Å². The van der Waals surface area contributed by atoms with Crippen LogP contribution in [0, 0.1) is 17.3 Å². The van der Waals surface area contributed by atoms with Crippen LogP contribution in [0.15, 0.2) is 6.07 Å². The topological polar surface area (TPSA) is 32.3 Å². The zero-order valence-electron chi connectivity index (χ0n) is 15.7. The zero-order valence-corrected chi connectivity index (χ0v) is 16.5. The molecule has 24 heavy (non-hydrogen) atoms. The fourth-order valence-corrected chi connectivity index (χ4v) is 5.41. The number of aryl methyl sites for hydroxylation is 1. The number of carbonyl (C=O) groups excluding carboxylic acids is 1. The van der Waals surface area contributed by atoms with Gasteiger partial charge in [-0.2, -0.15) is 0 Å². The molecule has 2 unspecified atom stereocenters. The molecule has 2 aliphatic rings. The van der Waals surface area contributed by atoms with Crippen LogP contribution in [0.1, 0.15) is 60.1 Å². The summed E-state index contributed by atoms with van der Waals surface area (Å²) in [6, 6.07) is 2.21. The summed E-state index contributed by atoms with van der Waals surface area (Å²) in [6.07, 6.45) is 5.93. The maximum absolute atomic E-state index is 13.0. The van der Waals surface area contributed by atoms with Crippen molar-refractivity contribution in [2.45, 2.75) is 52.9 Å². The number of hydrogen-bond donors (Lipinski definition) is 1. The Hall–Kier alpha value is -0.870. The minimum absolute atomic E-state index is 0.266. The lowest BCUT2D eigenvalue weighted by Gasteiger charge is -2.33. The second-order valence-electron chi connectivity index (χ2n) is 8.68. The third-order valence-electron chi connectivity index (χ3n) is 5.82. The molecule has 1 amide bonds. The number of fused-ring (bicyclic) bond motifs is 1. The highest BCUT2D eigenvalue weighted by molar-refractivity contribution is 7.14. The van der Waals surface area contributed by atoms with Crippen LogP contribution in [0.4, 0.5) is 0 Å². The van der Waals surface area contributed by atoms with Gasteiger partial charge in [-0.05, 0) is 74.6 Å². The van der Waals surface area contributed by atoms with Gasteiger partial charge in [-0.1, -0.05) is 20.8 Å². The number of likely N-dealkylation sites (tertiary alicyclic amines) is 1. The number of nitrogens with one attached hydrogen (secondary N) is 1. The van der Waals surface area contributed by atoms with E-state index in [9.17, 15) is 4.79 Å². The molecule has 0 saturated carbocycles. The van der Waals surface area contributed by atoms with E-state index >= 15 is 0 Å². The van der Waals surface area contributed by atoms with E-state index in [0.717, 1.165) is 49.7 Å². The van der Waals surface area contributed by atoms with Crippen molar-refractivity contribution in [1.82, 2.24) is 10.2 Å². The molecule has 0 aromatic carbocycles. The van der Waals surface area contributed by atoms with Crippen LogP contribution < -0.4 is 5.32 Å². The van der Waals surface area contributed by atoms with Gasteiger partial charge in [0.1, 0.15) is 0 Å². The first-order valence-electron chi connectivity index (χ1n) is 9.44. The van der Waals surface area contributed by atoms with E-state index in [1.165, 1.54) is 23.3 Å². The summed E-state index contributed by atoms with van der Waals surface area (Å²) in [6.45, 7) is 9.88. The van der Waals surface area contributed by atoms with Gasteiger partial charge in [-0.15, -0.1) is 11.3 Å². The fourth-order valence-electron chi connectivity index (χ4n) is 4.23. The lowest BCUT2D eigenvalue weighted by molar-refractivity contribution is 0.0679. The number of thiophene rings is 1. The molecule has 4 heteroatoms. The van der Waals surface area contributed by atoms with E-state index in [4.69, 9.17) is 0 Å². The molecule has 1 aliphatic carbocycles. The zero-order chi connectivity index (χ0) is 17.3. The number of rotatable bonds is 3. The molecule has 2 atom stereocenters. The van der Waals surface area contributed by atoms with Crippen LogP contribution in [0.2, 0.25) is 0 Å². The second-order valence-corrected chi connectivity index (χ2v) is 9.82. The Morgan fingerprint density at radius 2 is 2.17 bits per heavy atom. The average molecular weight is 349 g/mol. The largest absolute Gasteiger partial charge is 0.338 e. The third-order valence-corrected chi connectivity index (χ3v) is 7.04. The van der Waals surface area contributed by atoms with E-state index in [-0.39, 0.29) is 5.91 Å². The van der Waals surface area contributed by atoms with Crippen molar-refractivity contribution in [3.63, 3.8) is 0 Å². The first-order chi connectivity index (χ1) is 11.4. The molecule has 1 aromatic heterocycles. The molecular weight excluding hydrogens is 316 g/mol. The van der Waals surface area contributed by atoms with Crippen molar-refractivity contribution in [2.24, 2.45) is 17.3 Å². The van der Waals surface area contributed by atoms with Crippen molar-refractivity contribution in [1.29, 1.82) is 0 Å². The fraction of sp³-hybridized carbons (Fsp3) is 0.750. The summed E-state index contributed by atoms with van der Waals surface area (Å²) in [5.74, 6) is 1.60. The molecule has 0 spiro atoms. The maximum atomic E-state index is 13.0. The molecule has 134 valence electrons. The predicted molar refractivity (Wildman–Crippen MR) is 102 cm³/mol. The first-order valence-corrected chi connectivity index (χ1v) is 10.3. The van der Waals surface area contributed by atoms with Crippen LogP contribution in [-0.2, 0) is 12.8 Å². The molecule has 1 fully saturated rings. The van der Waals surface area contributed by atoms with Crippen molar-refractivity contribution in [2.75, 3.05) is 26.7 Å². The molecule has 3 rings (SSSR count). The Morgan fingerprint density at radius 1 is 1.38 bits per heavy atom. The molecular formula is C20H32N2OS. The van der Waals surface area contributed by atoms with Crippen LogP contribution in [0.5, 0.6) is 0 Å². The molecule has 0 radical (unpaired) electrons. The Morgan fingerprint density at radius 3 is 2.88 bits per heavy atom. The molecule has 1 aromatic rings. The van der Waals surface area contributed by atoms with E-state index in [0.29, 0.717) is 11.3 Å². The van der Waals surface area contributed by atoms with Gasteiger partial charge in [0.25, 0.3) is 5.91 Å². The van der Waals surface area contributed by atoms with Crippen molar-refractivity contribution in [3.8, 4) is 0 Å². The summed E-state index contributed by atoms with van der Waals surface area (Å²) in [5, 5.41) is 3.26. The number of piperidine rings is 1. The minimum atomic E-state index is 0.266. The van der Waals surface area contributed by atoms with Crippen LogP contribution >= 0.6 is 11.3 Å². The Labute approximate surface area is 150 Å². The normalized spacial score (nSPS) is 24.8. The second kappa shape index (κ2) is 7.17. The summed E-state index contributed by atoms with van der Waals surface area (Å²) < 4.78 is 0. The highest BCUT2D eigenvalue weighted by atomic mass is 32.1. The molecule has 0 bridgehead atoms. The van der Waals surface area contributed by atoms with Gasteiger partial charge in [0.15, 0.2) is 0 Å². The smallest absolute Gasteiger partial charge is 0.263 e. The van der Waals surface area contributed by atoms with Crippen molar-refractivity contribution < 1.29 is 4.79 Å². The highest BCUT2D eigenvalue weighted by Crippen LogP contribution is 2.40. The third kappa shape index (κ3) is 3.85. The van der Waals surface area contributed by atoms with Gasteiger partial charge in [0.2, 0.25) is 0 Å². The summed E-state index contributed by atoms with van der Waals surface area (Å²) in [7, 11) is 2.00. The van der Waals surface area contributed by atoms with E-state index in [1.807, 2.05) is 7.05 Å². The number of nitrogens with zero attached hydrogens (tertiary/aromatic N) is 1. The Balaban J connectivity index is 1.70. The monoisotopic (exact) mass is 348 g/mol. The highest BCUT2D eigenvalue weighted by Gasteiger charge is 2.31. The summed E-state index contributed by atoms with van der Waals surface area (Å²) in [5.41, 5.74) is 1.80. The number of carbonyl (C=O) groups is 1. The molecule has 1 N–H and O–H groups in total. The van der Waals surface area contributed by atoms with Gasteiger partial charge in [-0.3, -0.25) is 4.79 Å². The number of hydrogen-bond acceptors (Lipinski definition) is 3. The van der Waals surface area contributed by atoms with Crippen LogP contribution in [0.25, 0.3) is 0 Å². The SMILES string of the molecule is CNCC1CCCN(C(=O)c2cc3c(s2)CCC(C(C)(C)C)C3)C1.